The van der Waals surface area contributed by atoms with Crippen molar-refractivity contribution in [2.24, 2.45) is 5.92 Å². The third-order valence-corrected chi connectivity index (χ3v) is 4.78. The zero-order valence-electron chi connectivity index (χ0n) is 12.4. The number of hydrogen-bond donors (Lipinski definition) is 1. The normalized spacial score (nSPS) is 23.6. The van der Waals surface area contributed by atoms with Crippen LogP contribution < -0.4 is 14.8 Å². The maximum atomic E-state index is 5.70. The molecule has 0 bridgehead atoms. The van der Waals surface area contributed by atoms with Gasteiger partial charge in [-0.15, -0.1) is 0 Å². The average Bonchev–Trinajstić information content (AvgIpc) is 2.86. The Balaban J connectivity index is 2.41. The number of halogens is 1. The summed E-state index contributed by atoms with van der Waals surface area (Å²) in [5, 5.41) is 3.41. The van der Waals surface area contributed by atoms with E-state index < -0.39 is 0 Å². The zero-order valence-corrected chi connectivity index (χ0v) is 14.0. The molecule has 0 amide bonds. The Kier molecular flexibility index (Phi) is 5.29. The van der Waals surface area contributed by atoms with Crippen LogP contribution in [0.4, 0.5) is 0 Å². The lowest BCUT2D eigenvalue weighted by Crippen LogP contribution is -2.29. The highest BCUT2D eigenvalue weighted by atomic mass is 79.9. The minimum atomic E-state index is 0.199. The van der Waals surface area contributed by atoms with Crippen molar-refractivity contribution in [2.75, 3.05) is 27.9 Å². The minimum absolute atomic E-state index is 0.199. The van der Waals surface area contributed by atoms with Crippen molar-refractivity contribution in [3.8, 4) is 11.5 Å². The number of hydrogen-bond acceptors (Lipinski definition) is 4. The average molecular weight is 344 g/mol. The fourth-order valence-electron chi connectivity index (χ4n) is 2.95. The number of benzene rings is 1. The van der Waals surface area contributed by atoms with E-state index in [1.165, 1.54) is 0 Å². The van der Waals surface area contributed by atoms with Crippen LogP contribution >= 0.6 is 15.9 Å². The second-order valence-corrected chi connectivity index (χ2v) is 5.79. The molecule has 20 heavy (non-hydrogen) atoms. The topological polar surface area (TPSA) is 39.7 Å². The fourth-order valence-corrected chi connectivity index (χ4v) is 3.63. The van der Waals surface area contributed by atoms with E-state index >= 15 is 0 Å². The molecule has 1 heterocycles. The Labute approximate surface area is 128 Å². The molecule has 4 nitrogen and oxygen atoms in total. The van der Waals surface area contributed by atoms with Crippen molar-refractivity contribution in [1.29, 1.82) is 0 Å². The predicted octanol–water partition coefficient (Wildman–Crippen LogP) is 3.15. The Hall–Kier alpha value is -0.780. The van der Waals surface area contributed by atoms with Crippen LogP contribution in [0.15, 0.2) is 16.6 Å². The maximum absolute atomic E-state index is 5.70. The summed E-state index contributed by atoms with van der Waals surface area (Å²) in [4.78, 5) is 0. The van der Waals surface area contributed by atoms with Gasteiger partial charge in [0.2, 0.25) is 0 Å². The van der Waals surface area contributed by atoms with Gasteiger partial charge in [-0.1, -0.05) is 0 Å². The van der Waals surface area contributed by atoms with Gasteiger partial charge in [-0.05, 0) is 48.5 Å². The maximum Gasteiger partial charge on any atom is 0.141 e. The van der Waals surface area contributed by atoms with E-state index in [4.69, 9.17) is 14.2 Å². The van der Waals surface area contributed by atoms with Gasteiger partial charge < -0.3 is 19.5 Å². The van der Waals surface area contributed by atoms with Crippen LogP contribution in [0.5, 0.6) is 11.5 Å². The van der Waals surface area contributed by atoms with Gasteiger partial charge in [0, 0.05) is 24.1 Å². The number of nitrogens with one attached hydrogen (secondary N) is 1. The first-order valence-corrected chi connectivity index (χ1v) is 7.62. The Morgan fingerprint density at radius 3 is 2.60 bits per heavy atom. The van der Waals surface area contributed by atoms with Crippen molar-refractivity contribution >= 4 is 15.9 Å². The summed E-state index contributed by atoms with van der Waals surface area (Å²) in [6, 6.07) is 4.23. The molecule has 0 aliphatic carbocycles. The summed E-state index contributed by atoms with van der Waals surface area (Å²) < 4.78 is 17.5. The first kappa shape index (κ1) is 15.6. The SMILES string of the molecule is CNC(c1ccc(OC)c(Br)c1OC)C1CCOC1C. The van der Waals surface area contributed by atoms with Gasteiger partial charge in [-0.25, -0.2) is 0 Å². The van der Waals surface area contributed by atoms with E-state index in [1.807, 2.05) is 13.1 Å². The molecule has 5 heteroatoms. The van der Waals surface area contributed by atoms with Crippen LogP contribution in [0, 0.1) is 5.92 Å². The second-order valence-electron chi connectivity index (χ2n) is 5.00. The molecular weight excluding hydrogens is 322 g/mol. The zero-order chi connectivity index (χ0) is 14.7. The van der Waals surface area contributed by atoms with Crippen LogP contribution in [0.1, 0.15) is 24.9 Å². The molecule has 3 atom stereocenters. The van der Waals surface area contributed by atoms with Gasteiger partial charge >= 0.3 is 0 Å². The highest BCUT2D eigenvalue weighted by Crippen LogP contribution is 2.43. The quantitative estimate of drug-likeness (QED) is 0.891. The van der Waals surface area contributed by atoms with E-state index in [-0.39, 0.29) is 12.1 Å². The van der Waals surface area contributed by atoms with Crippen molar-refractivity contribution in [3.63, 3.8) is 0 Å². The second kappa shape index (κ2) is 6.78. The van der Waals surface area contributed by atoms with Crippen LogP contribution in [-0.4, -0.2) is 34.0 Å². The third kappa shape index (κ3) is 2.80. The van der Waals surface area contributed by atoms with Gasteiger partial charge in [-0.3, -0.25) is 0 Å². The standard InChI is InChI=1S/C15H22BrNO3/c1-9-10(7-8-20-9)14(17-2)11-5-6-12(18-3)13(16)15(11)19-4/h5-6,9-10,14,17H,7-8H2,1-4H3. The summed E-state index contributed by atoms with van der Waals surface area (Å²) in [6.07, 6.45) is 1.30. The van der Waals surface area contributed by atoms with Crippen molar-refractivity contribution < 1.29 is 14.2 Å². The number of rotatable bonds is 5. The van der Waals surface area contributed by atoms with E-state index in [1.54, 1.807) is 14.2 Å². The summed E-state index contributed by atoms with van der Waals surface area (Å²) in [5.74, 6) is 2.04. The fraction of sp³-hybridized carbons (Fsp3) is 0.600. The minimum Gasteiger partial charge on any atom is -0.495 e. The lowest BCUT2D eigenvalue weighted by molar-refractivity contribution is 0.0960. The largest absolute Gasteiger partial charge is 0.495 e. The molecule has 1 saturated heterocycles. The highest BCUT2D eigenvalue weighted by molar-refractivity contribution is 9.10. The van der Waals surface area contributed by atoms with E-state index in [9.17, 15) is 0 Å². The monoisotopic (exact) mass is 343 g/mol. The van der Waals surface area contributed by atoms with Gasteiger partial charge in [0.25, 0.3) is 0 Å². The molecule has 1 aliphatic heterocycles. The first-order chi connectivity index (χ1) is 9.63. The summed E-state index contributed by atoms with van der Waals surface area (Å²) in [6.45, 7) is 2.96. The van der Waals surface area contributed by atoms with Gasteiger partial charge in [0.15, 0.2) is 0 Å². The molecule has 0 saturated carbocycles. The highest BCUT2D eigenvalue weighted by Gasteiger charge is 2.34. The molecule has 0 radical (unpaired) electrons. The van der Waals surface area contributed by atoms with Crippen molar-refractivity contribution in [2.45, 2.75) is 25.5 Å². The smallest absolute Gasteiger partial charge is 0.141 e. The summed E-state index contributed by atoms with van der Waals surface area (Å²) >= 11 is 3.56. The molecule has 3 unspecified atom stereocenters. The van der Waals surface area contributed by atoms with E-state index in [2.05, 4.69) is 34.2 Å². The van der Waals surface area contributed by atoms with E-state index in [0.717, 1.165) is 34.6 Å². The molecule has 1 aromatic rings. The molecule has 2 rings (SSSR count). The molecule has 0 aromatic heterocycles. The lowest BCUT2D eigenvalue weighted by atomic mass is 9.88. The first-order valence-electron chi connectivity index (χ1n) is 6.83. The molecular formula is C15H22BrNO3. The number of methoxy groups -OCH3 is 2. The molecule has 0 spiro atoms. The third-order valence-electron chi connectivity index (χ3n) is 4.03. The van der Waals surface area contributed by atoms with Crippen LogP contribution in [-0.2, 0) is 4.74 Å². The Morgan fingerprint density at radius 1 is 1.35 bits per heavy atom. The van der Waals surface area contributed by atoms with Crippen molar-refractivity contribution in [1.82, 2.24) is 5.32 Å². The van der Waals surface area contributed by atoms with Crippen LogP contribution in [0.2, 0.25) is 0 Å². The molecule has 1 aliphatic rings. The number of ether oxygens (including phenoxy) is 3. The van der Waals surface area contributed by atoms with Gasteiger partial charge in [0.05, 0.1) is 20.3 Å². The van der Waals surface area contributed by atoms with E-state index in [0.29, 0.717) is 5.92 Å². The Bertz CT molecular complexity index is 467. The van der Waals surface area contributed by atoms with Crippen LogP contribution in [0.25, 0.3) is 0 Å². The Morgan fingerprint density at radius 2 is 2.10 bits per heavy atom. The van der Waals surface area contributed by atoms with Crippen LogP contribution in [0.3, 0.4) is 0 Å². The summed E-state index contributed by atoms with van der Waals surface area (Å²) in [7, 11) is 5.32. The van der Waals surface area contributed by atoms with Gasteiger partial charge in [-0.2, -0.15) is 0 Å². The molecule has 112 valence electrons. The molecule has 1 N–H and O–H groups in total. The lowest BCUT2D eigenvalue weighted by Gasteiger charge is -2.28. The molecule has 1 aromatic carbocycles. The summed E-state index contributed by atoms with van der Waals surface area (Å²) in [5.41, 5.74) is 1.13. The van der Waals surface area contributed by atoms with Crippen molar-refractivity contribution in [3.05, 3.63) is 22.2 Å². The van der Waals surface area contributed by atoms with Gasteiger partial charge in [0.1, 0.15) is 16.0 Å². The molecule has 1 fully saturated rings. The predicted molar refractivity (Wildman–Crippen MR) is 82.6 cm³/mol.